The van der Waals surface area contributed by atoms with E-state index in [9.17, 15) is 0 Å². The van der Waals surface area contributed by atoms with Crippen molar-refractivity contribution in [1.82, 2.24) is 0 Å². The first-order valence-corrected chi connectivity index (χ1v) is 5.48. The number of hydrogen-bond donors (Lipinski definition) is 0. The quantitative estimate of drug-likeness (QED) is 0.781. The van der Waals surface area contributed by atoms with E-state index < -0.39 is 0 Å². The molecule has 0 unspecified atom stereocenters. The second kappa shape index (κ2) is 3.80. The fourth-order valence-electron chi connectivity index (χ4n) is 1.19. The van der Waals surface area contributed by atoms with Crippen molar-refractivity contribution in [2.45, 2.75) is 0 Å². The summed E-state index contributed by atoms with van der Waals surface area (Å²) in [4.78, 5) is 4.24. The molecule has 68 valence electrons. The van der Waals surface area contributed by atoms with Crippen LogP contribution in [0.4, 0.5) is 0 Å². The second-order valence-electron chi connectivity index (χ2n) is 2.69. The lowest BCUT2D eigenvalue weighted by molar-refractivity contribution is 0.348. The van der Waals surface area contributed by atoms with E-state index in [1.54, 1.807) is 0 Å². The lowest BCUT2D eigenvalue weighted by Crippen LogP contribution is -2.00. The predicted molar refractivity (Wildman–Crippen MR) is 59.2 cm³/mol. The molecule has 0 saturated carbocycles. The molecule has 2 nitrogen and oxygen atoms in total. The van der Waals surface area contributed by atoms with E-state index in [1.165, 1.54) is 0 Å². The zero-order chi connectivity index (χ0) is 9.26. The van der Waals surface area contributed by atoms with Crippen LogP contribution in [-0.2, 0) is 4.74 Å². The number of benzene rings is 1. The maximum absolute atomic E-state index is 5.36. The Morgan fingerprint density at radius 3 is 2.38 bits per heavy atom. The molecule has 0 bridgehead atoms. The molecule has 0 aromatic heterocycles. The van der Waals surface area contributed by atoms with Crippen molar-refractivity contribution < 1.29 is 4.74 Å². The Balaban J connectivity index is 2.39. The molecule has 1 aliphatic rings. The largest absolute Gasteiger partial charge is 0.476 e. The van der Waals surface area contributed by atoms with Gasteiger partial charge in [-0.25, -0.2) is 4.99 Å². The fourth-order valence-corrected chi connectivity index (χ4v) is 2.48. The second-order valence-corrected chi connectivity index (χ2v) is 4.52. The number of rotatable bonds is 1. The number of halogens is 2. The lowest BCUT2D eigenvalue weighted by Gasteiger charge is -2.02. The Hall–Kier alpha value is -0.350. The first kappa shape index (κ1) is 9.21. The highest BCUT2D eigenvalue weighted by Crippen LogP contribution is 2.21. The molecule has 2 rings (SSSR count). The Morgan fingerprint density at radius 1 is 1.15 bits per heavy atom. The summed E-state index contributed by atoms with van der Waals surface area (Å²) >= 11 is 6.84. The van der Waals surface area contributed by atoms with Crippen LogP contribution in [0.3, 0.4) is 0 Å². The van der Waals surface area contributed by atoms with Crippen molar-refractivity contribution in [3.05, 3.63) is 32.7 Å². The van der Waals surface area contributed by atoms with Gasteiger partial charge in [-0.3, -0.25) is 0 Å². The highest BCUT2D eigenvalue weighted by atomic mass is 79.9. The zero-order valence-corrected chi connectivity index (χ0v) is 9.93. The van der Waals surface area contributed by atoms with Gasteiger partial charge in [0.05, 0.1) is 6.54 Å². The highest BCUT2D eigenvalue weighted by Gasteiger charge is 2.10. The molecule has 1 heterocycles. The molecular formula is C9H7Br2NO. The summed E-state index contributed by atoms with van der Waals surface area (Å²) in [6, 6.07) is 5.98. The maximum Gasteiger partial charge on any atom is 0.216 e. The van der Waals surface area contributed by atoms with E-state index in [2.05, 4.69) is 36.9 Å². The molecule has 0 amide bonds. The van der Waals surface area contributed by atoms with Crippen molar-refractivity contribution in [2.75, 3.05) is 13.2 Å². The Morgan fingerprint density at radius 2 is 1.85 bits per heavy atom. The molecule has 0 saturated heterocycles. The van der Waals surface area contributed by atoms with Crippen molar-refractivity contribution in [2.24, 2.45) is 4.99 Å². The maximum atomic E-state index is 5.36. The average Bonchev–Trinajstić information content (AvgIpc) is 2.53. The van der Waals surface area contributed by atoms with Gasteiger partial charge in [0, 0.05) is 14.5 Å². The van der Waals surface area contributed by atoms with E-state index in [4.69, 9.17) is 4.74 Å². The Bertz CT molecular complexity index is 342. The molecule has 0 spiro atoms. The van der Waals surface area contributed by atoms with Crippen LogP contribution >= 0.6 is 31.9 Å². The molecule has 0 N–H and O–H groups in total. The van der Waals surface area contributed by atoms with Crippen LogP contribution in [0, 0.1) is 0 Å². The summed E-state index contributed by atoms with van der Waals surface area (Å²) < 4.78 is 7.40. The van der Waals surface area contributed by atoms with Gasteiger partial charge in [0.2, 0.25) is 5.90 Å². The Labute approximate surface area is 93.3 Å². The molecule has 0 atom stereocenters. The summed E-state index contributed by atoms with van der Waals surface area (Å²) in [5.74, 6) is 0.738. The summed E-state index contributed by atoms with van der Waals surface area (Å²) in [7, 11) is 0. The normalized spacial score (nSPS) is 15.4. The number of aliphatic imine (C=N–C) groups is 1. The molecule has 0 aliphatic carbocycles. The molecule has 4 heteroatoms. The van der Waals surface area contributed by atoms with Crippen molar-refractivity contribution >= 4 is 37.8 Å². The van der Waals surface area contributed by atoms with Crippen LogP contribution in [0.2, 0.25) is 0 Å². The molecule has 1 aliphatic heterocycles. The fraction of sp³-hybridized carbons (Fsp3) is 0.222. The summed E-state index contributed by atoms with van der Waals surface area (Å²) in [5.41, 5.74) is 1.01. The van der Waals surface area contributed by atoms with Crippen molar-refractivity contribution in [1.29, 1.82) is 0 Å². The predicted octanol–water partition coefficient (Wildman–Crippen LogP) is 2.99. The van der Waals surface area contributed by atoms with Crippen LogP contribution < -0.4 is 0 Å². The van der Waals surface area contributed by atoms with Gasteiger partial charge in [0.1, 0.15) is 6.61 Å². The first-order valence-electron chi connectivity index (χ1n) is 3.89. The van der Waals surface area contributed by atoms with E-state index in [0.29, 0.717) is 6.61 Å². The monoisotopic (exact) mass is 303 g/mol. The number of nitrogens with zero attached hydrogens (tertiary/aromatic N) is 1. The minimum atomic E-state index is 0.694. The first-order chi connectivity index (χ1) is 6.25. The van der Waals surface area contributed by atoms with E-state index >= 15 is 0 Å². The average molecular weight is 305 g/mol. The van der Waals surface area contributed by atoms with Crippen molar-refractivity contribution in [3.8, 4) is 0 Å². The van der Waals surface area contributed by atoms with Crippen LogP contribution in [0.5, 0.6) is 0 Å². The van der Waals surface area contributed by atoms with Gasteiger partial charge in [-0.2, -0.15) is 0 Å². The summed E-state index contributed by atoms with van der Waals surface area (Å²) in [6.45, 7) is 1.46. The topological polar surface area (TPSA) is 21.6 Å². The third kappa shape index (κ3) is 2.11. The molecule has 1 aromatic carbocycles. The Kier molecular flexibility index (Phi) is 2.69. The smallest absolute Gasteiger partial charge is 0.216 e. The van der Waals surface area contributed by atoms with Gasteiger partial charge >= 0.3 is 0 Å². The van der Waals surface area contributed by atoms with E-state index in [-0.39, 0.29) is 0 Å². The van der Waals surface area contributed by atoms with Crippen LogP contribution in [0.25, 0.3) is 0 Å². The minimum absolute atomic E-state index is 0.694. The molecule has 1 aromatic rings. The molecular weight excluding hydrogens is 298 g/mol. The van der Waals surface area contributed by atoms with Gasteiger partial charge < -0.3 is 4.74 Å². The SMILES string of the molecule is Brc1cc(Br)cc(C2=NCCO2)c1. The lowest BCUT2D eigenvalue weighted by atomic mass is 10.2. The molecule has 13 heavy (non-hydrogen) atoms. The summed E-state index contributed by atoms with van der Waals surface area (Å²) in [5, 5.41) is 0. The highest BCUT2D eigenvalue weighted by molar-refractivity contribution is 9.11. The van der Waals surface area contributed by atoms with Gasteiger partial charge in [-0.1, -0.05) is 31.9 Å². The van der Waals surface area contributed by atoms with Crippen LogP contribution in [0.15, 0.2) is 32.1 Å². The van der Waals surface area contributed by atoms with E-state index in [1.807, 2.05) is 18.2 Å². The van der Waals surface area contributed by atoms with Gasteiger partial charge in [-0.15, -0.1) is 0 Å². The number of hydrogen-bond acceptors (Lipinski definition) is 2. The third-order valence-corrected chi connectivity index (χ3v) is 2.61. The standard InChI is InChI=1S/C9H7Br2NO/c10-7-3-6(4-8(11)5-7)9-12-1-2-13-9/h3-5H,1-2H2. The minimum Gasteiger partial charge on any atom is -0.476 e. The number of ether oxygens (including phenoxy) is 1. The van der Waals surface area contributed by atoms with Crippen molar-refractivity contribution in [3.63, 3.8) is 0 Å². The van der Waals surface area contributed by atoms with Crippen LogP contribution in [-0.4, -0.2) is 19.0 Å². The van der Waals surface area contributed by atoms with Gasteiger partial charge in [0.15, 0.2) is 0 Å². The zero-order valence-electron chi connectivity index (χ0n) is 6.76. The third-order valence-electron chi connectivity index (χ3n) is 1.69. The molecule has 0 fully saturated rings. The van der Waals surface area contributed by atoms with E-state index in [0.717, 1.165) is 27.0 Å². The summed E-state index contributed by atoms with van der Waals surface area (Å²) in [6.07, 6.45) is 0. The van der Waals surface area contributed by atoms with Gasteiger partial charge in [0.25, 0.3) is 0 Å². The van der Waals surface area contributed by atoms with Crippen LogP contribution in [0.1, 0.15) is 5.56 Å². The van der Waals surface area contributed by atoms with Gasteiger partial charge in [-0.05, 0) is 18.2 Å². The molecule has 0 radical (unpaired) electrons.